The van der Waals surface area contributed by atoms with Gasteiger partial charge in [0.05, 0.1) is 6.21 Å². The van der Waals surface area contributed by atoms with Crippen LogP contribution in [0.5, 0.6) is 11.5 Å². The van der Waals surface area contributed by atoms with E-state index in [9.17, 15) is 0 Å². The molecule has 0 radical (unpaired) electrons. The second-order valence-corrected chi connectivity index (χ2v) is 3.99. The Hall–Kier alpha value is -2.24. The van der Waals surface area contributed by atoms with Crippen LogP contribution < -0.4 is 20.2 Å². The lowest BCUT2D eigenvalue weighted by Gasteiger charge is -2.12. The SMILES string of the molecule is C(=N/NC1=NCCCN1)/c1ccc2c(c1)OCO2. The predicted octanol–water partition coefficient (Wildman–Crippen LogP) is 0.688. The highest BCUT2D eigenvalue weighted by atomic mass is 16.7. The lowest BCUT2D eigenvalue weighted by Crippen LogP contribution is -2.38. The number of nitrogens with one attached hydrogen (secondary N) is 2. The summed E-state index contributed by atoms with van der Waals surface area (Å²) < 4.78 is 10.5. The van der Waals surface area contributed by atoms with Crippen LogP contribution in [0.1, 0.15) is 12.0 Å². The molecule has 0 spiro atoms. The van der Waals surface area contributed by atoms with Crippen molar-refractivity contribution in [2.45, 2.75) is 6.42 Å². The third-order valence-electron chi connectivity index (χ3n) is 2.68. The topological polar surface area (TPSA) is 67.2 Å². The van der Waals surface area contributed by atoms with Crippen molar-refractivity contribution in [3.8, 4) is 11.5 Å². The minimum absolute atomic E-state index is 0.287. The summed E-state index contributed by atoms with van der Waals surface area (Å²) in [5.74, 6) is 2.25. The molecule has 1 aromatic carbocycles. The Morgan fingerprint density at radius 1 is 1.33 bits per heavy atom. The number of guanidine groups is 1. The average molecular weight is 246 g/mol. The maximum Gasteiger partial charge on any atom is 0.231 e. The van der Waals surface area contributed by atoms with E-state index in [1.54, 1.807) is 6.21 Å². The fraction of sp³-hybridized carbons (Fsp3) is 0.333. The lowest BCUT2D eigenvalue weighted by molar-refractivity contribution is 0.174. The number of nitrogens with zero attached hydrogens (tertiary/aromatic N) is 2. The molecule has 2 aliphatic heterocycles. The highest BCUT2D eigenvalue weighted by Gasteiger charge is 2.12. The van der Waals surface area contributed by atoms with E-state index in [1.165, 1.54) is 0 Å². The Morgan fingerprint density at radius 3 is 3.17 bits per heavy atom. The molecule has 94 valence electrons. The van der Waals surface area contributed by atoms with Gasteiger partial charge in [-0.25, -0.2) is 5.43 Å². The van der Waals surface area contributed by atoms with Crippen LogP contribution >= 0.6 is 0 Å². The highest BCUT2D eigenvalue weighted by Crippen LogP contribution is 2.31. The van der Waals surface area contributed by atoms with Crippen LogP contribution in [0.2, 0.25) is 0 Å². The number of hydrogen-bond donors (Lipinski definition) is 2. The molecule has 2 N–H and O–H groups in total. The summed E-state index contributed by atoms with van der Waals surface area (Å²) in [6.07, 6.45) is 2.79. The summed E-state index contributed by atoms with van der Waals surface area (Å²) in [5, 5.41) is 7.25. The highest BCUT2D eigenvalue weighted by molar-refractivity contribution is 5.84. The first-order valence-electron chi connectivity index (χ1n) is 5.89. The van der Waals surface area contributed by atoms with Crippen LogP contribution in [0, 0.1) is 0 Å². The van der Waals surface area contributed by atoms with E-state index in [0.717, 1.165) is 42.5 Å². The van der Waals surface area contributed by atoms with Gasteiger partial charge in [0.2, 0.25) is 12.8 Å². The van der Waals surface area contributed by atoms with E-state index in [2.05, 4.69) is 20.8 Å². The minimum Gasteiger partial charge on any atom is -0.454 e. The number of ether oxygens (including phenoxy) is 2. The largest absolute Gasteiger partial charge is 0.454 e. The summed E-state index contributed by atoms with van der Waals surface area (Å²) in [6.45, 7) is 2.06. The zero-order valence-electron chi connectivity index (χ0n) is 9.85. The van der Waals surface area contributed by atoms with Gasteiger partial charge in [-0.1, -0.05) is 0 Å². The van der Waals surface area contributed by atoms with Gasteiger partial charge in [-0.05, 0) is 30.2 Å². The fourth-order valence-electron chi connectivity index (χ4n) is 1.77. The van der Waals surface area contributed by atoms with Crippen molar-refractivity contribution in [1.82, 2.24) is 10.7 Å². The van der Waals surface area contributed by atoms with E-state index in [4.69, 9.17) is 9.47 Å². The molecule has 2 aliphatic rings. The molecule has 1 aromatic rings. The maximum atomic E-state index is 5.30. The van der Waals surface area contributed by atoms with Gasteiger partial charge in [0.25, 0.3) is 0 Å². The summed E-state index contributed by atoms with van der Waals surface area (Å²) in [7, 11) is 0. The summed E-state index contributed by atoms with van der Waals surface area (Å²) in [4.78, 5) is 4.25. The van der Waals surface area contributed by atoms with Gasteiger partial charge in [0, 0.05) is 13.1 Å². The Labute approximate surface area is 105 Å². The molecule has 0 bridgehead atoms. The van der Waals surface area contributed by atoms with E-state index in [0.29, 0.717) is 0 Å². The first-order chi connectivity index (χ1) is 8.92. The maximum absolute atomic E-state index is 5.30. The van der Waals surface area contributed by atoms with Crippen molar-refractivity contribution in [1.29, 1.82) is 0 Å². The number of hydrogen-bond acceptors (Lipinski definition) is 6. The summed E-state index contributed by atoms with van der Waals surface area (Å²) >= 11 is 0. The first kappa shape index (κ1) is 10.9. The van der Waals surface area contributed by atoms with E-state index in [-0.39, 0.29) is 6.79 Å². The predicted molar refractivity (Wildman–Crippen MR) is 68.2 cm³/mol. The van der Waals surface area contributed by atoms with Gasteiger partial charge in [-0.15, -0.1) is 0 Å². The molecule has 2 heterocycles. The Kier molecular flexibility index (Phi) is 2.99. The molecule has 0 atom stereocenters. The van der Waals surface area contributed by atoms with Gasteiger partial charge in [0.15, 0.2) is 11.5 Å². The minimum atomic E-state index is 0.287. The van der Waals surface area contributed by atoms with E-state index < -0.39 is 0 Å². The molecule has 0 unspecified atom stereocenters. The van der Waals surface area contributed by atoms with Crippen molar-refractivity contribution in [2.75, 3.05) is 19.9 Å². The Balaban J connectivity index is 1.63. The molecule has 0 aliphatic carbocycles. The Morgan fingerprint density at radius 2 is 2.28 bits per heavy atom. The van der Waals surface area contributed by atoms with Crippen LogP contribution in [0.15, 0.2) is 28.3 Å². The fourth-order valence-corrected chi connectivity index (χ4v) is 1.77. The molecular formula is C12H14N4O2. The van der Waals surface area contributed by atoms with E-state index >= 15 is 0 Å². The molecule has 0 aromatic heterocycles. The molecule has 3 rings (SSSR count). The van der Waals surface area contributed by atoms with Gasteiger partial charge in [-0.2, -0.15) is 5.10 Å². The lowest BCUT2D eigenvalue weighted by atomic mass is 10.2. The monoisotopic (exact) mass is 246 g/mol. The third kappa shape index (κ3) is 2.37. The molecule has 0 amide bonds. The quantitative estimate of drug-likeness (QED) is 0.595. The molecule has 0 saturated carbocycles. The number of fused-ring (bicyclic) bond motifs is 1. The molecule has 6 heteroatoms. The smallest absolute Gasteiger partial charge is 0.231 e. The van der Waals surface area contributed by atoms with Crippen LogP contribution in [0.25, 0.3) is 0 Å². The van der Waals surface area contributed by atoms with Crippen molar-refractivity contribution in [3.63, 3.8) is 0 Å². The number of aliphatic imine (C=N–C) groups is 1. The molecule has 18 heavy (non-hydrogen) atoms. The second kappa shape index (κ2) is 4.95. The molecular weight excluding hydrogens is 232 g/mol. The zero-order chi connectivity index (χ0) is 12.2. The van der Waals surface area contributed by atoms with Gasteiger partial charge in [-0.3, -0.25) is 4.99 Å². The number of rotatable bonds is 2. The molecule has 0 saturated heterocycles. The summed E-state index contributed by atoms with van der Waals surface area (Å²) in [6, 6.07) is 5.69. The van der Waals surface area contributed by atoms with Crippen LogP contribution in [-0.2, 0) is 0 Å². The van der Waals surface area contributed by atoms with Gasteiger partial charge in [0.1, 0.15) is 0 Å². The van der Waals surface area contributed by atoms with Crippen molar-refractivity contribution in [3.05, 3.63) is 23.8 Å². The van der Waals surface area contributed by atoms with Crippen LogP contribution in [0.4, 0.5) is 0 Å². The van der Waals surface area contributed by atoms with E-state index in [1.807, 2.05) is 18.2 Å². The zero-order valence-corrected chi connectivity index (χ0v) is 9.85. The van der Waals surface area contributed by atoms with Gasteiger partial charge < -0.3 is 14.8 Å². The first-order valence-corrected chi connectivity index (χ1v) is 5.89. The molecule has 6 nitrogen and oxygen atoms in total. The van der Waals surface area contributed by atoms with Crippen LogP contribution in [-0.4, -0.2) is 32.1 Å². The van der Waals surface area contributed by atoms with Crippen molar-refractivity contribution < 1.29 is 9.47 Å². The van der Waals surface area contributed by atoms with Crippen molar-refractivity contribution >= 4 is 12.2 Å². The summed E-state index contributed by atoms with van der Waals surface area (Å²) in [5.41, 5.74) is 3.82. The van der Waals surface area contributed by atoms with Gasteiger partial charge >= 0.3 is 0 Å². The number of hydrazone groups is 1. The average Bonchev–Trinajstić information content (AvgIpc) is 2.87. The second-order valence-electron chi connectivity index (χ2n) is 3.99. The standard InChI is InChI=1S/C12H14N4O2/c1-4-13-12(14-5-1)16-15-7-9-2-3-10-11(6-9)18-8-17-10/h2-3,6-7H,1,4-5,8H2,(H2,13,14,16)/b15-7-. The molecule has 0 fully saturated rings. The third-order valence-corrected chi connectivity index (χ3v) is 2.68. The van der Waals surface area contributed by atoms with Crippen LogP contribution in [0.3, 0.4) is 0 Å². The number of benzene rings is 1. The van der Waals surface area contributed by atoms with Crippen molar-refractivity contribution in [2.24, 2.45) is 10.1 Å². The Bertz CT molecular complexity index is 499. The normalized spacial score (nSPS) is 17.4.